The average molecular weight is 256 g/mol. The zero-order valence-corrected chi connectivity index (χ0v) is 8.43. The standard InChI is InChI=1S/C5H6N2OS.C2HF3O2/c6-7-5(8)4-2-1-3-9-4;3-2(4,5)1(6)7/h1-3H,6H2,(H,7,8);(H,6,7). The molecule has 9 heteroatoms. The van der Waals surface area contributed by atoms with E-state index in [0.29, 0.717) is 4.88 Å². The lowest BCUT2D eigenvalue weighted by Crippen LogP contribution is -2.29. The second-order valence-electron chi connectivity index (χ2n) is 2.25. The molecule has 0 atom stereocenters. The highest BCUT2D eigenvalue weighted by atomic mass is 32.1. The van der Waals surface area contributed by atoms with Crippen LogP contribution in [0.2, 0.25) is 0 Å². The second-order valence-corrected chi connectivity index (χ2v) is 3.20. The number of halogens is 3. The van der Waals surface area contributed by atoms with Crippen LogP contribution in [0.15, 0.2) is 17.5 Å². The number of carbonyl (C=O) groups excluding carboxylic acids is 1. The molecule has 0 fully saturated rings. The Labute approximate surface area is 91.6 Å². The zero-order chi connectivity index (χ0) is 12.8. The number of hydrazine groups is 1. The highest BCUT2D eigenvalue weighted by molar-refractivity contribution is 7.12. The van der Waals surface area contributed by atoms with Crippen LogP contribution in [-0.4, -0.2) is 23.2 Å². The Bertz CT molecular complexity index is 350. The maximum absolute atomic E-state index is 10.6. The number of nitrogens with two attached hydrogens (primary N) is 1. The molecule has 1 aromatic rings. The third kappa shape index (κ3) is 5.32. The topological polar surface area (TPSA) is 92.4 Å². The number of nitrogens with one attached hydrogen (secondary N) is 1. The Morgan fingerprint density at radius 1 is 1.44 bits per heavy atom. The van der Waals surface area contributed by atoms with Crippen LogP contribution >= 0.6 is 11.3 Å². The van der Waals surface area contributed by atoms with Crippen molar-refractivity contribution >= 4 is 23.2 Å². The van der Waals surface area contributed by atoms with Crippen LogP contribution in [0.3, 0.4) is 0 Å². The number of hydrogen-bond acceptors (Lipinski definition) is 4. The number of thiophene rings is 1. The van der Waals surface area contributed by atoms with Crippen LogP contribution in [0, 0.1) is 0 Å². The number of carboxylic acid groups (broad SMARTS) is 1. The maximum atomic E-state index is 10.6. The molecule has 0 aromatic carbocycles. The van der Waals surface area contributed by atoms with E-state index in [1.54, 1.807) is 12.1 Å². The Hall–Kier alpha value is -1.61. The molecule has 0 aliphatic heterocycles. The highest BCUT2D eigenvalue weighted by Gasteiger charge is 2.38. The fraction of sp³-hybridized carbons (Fsp3) is 0.143. The molecule has 0 aliphatic rings. The van der Waals surface area contributed by atoms with Gasteiger partial charge < -0.3 is 5.11 Å². The van der Waals surface area contributed by atoms with E-state index in [1.807, 2.05) is 10.8 Å². The molecule has 1 rings (SSSR count). The van der Waals surface area contributed by atoms with Crippen LogP contribution in [-0.2, 0) is 4.79 Å². The number of alkyl halides is 3. The minimum absolute atomic E-state index is 0.231. The summed E-state index contributed by atoms with van der Waals surface area (Å²) in [5.41, 5.74) is 2.04. The third-order valence-electron chi connectivity index (χ3n) is 1.12. The lowest BCUT2D eigenvalue weighted by Gasteiger charge is -1.93. The van der Waals surface area contributed by atoms with E-state index in [2.05, 4.69) is 0 Å². The summed E-state index contributed by atoms with van der Waals surface area (Å²) >= 11 is 1.36. The van der Waals surface area contributed by atoms with Crippen LogP contribution in [0.25, 0.3) is 0 Å². The van der Waals surface area contributed by atoms with E-state index in [-0.39, 0.29) is 5.91 Å². The van der Waals surface area contributed by atoms with Crippen molar-refractivity contribution in [2.24, 2.45) is 5.84 Å². The van der Waals surface area contributed by atoms with E-state index < -0.39 is 12.1 Å². The minimum Gasteiger partial charge on any atom is -0.475 e. The second kappa shape index (κ2) is 6.08. The third-order valence-corrected chi connectivity index (χ3v) is 1.99. The minimum atomic E-state index is -5.08. The predicted molar refractivity (Wildman–Crippen MR) is 49.7 cm³/mol. The summed E-state index contributed by atoms with van der Waals surface area (Å²) in [4.78, 5) is 20.2. The molecule has 4 N–H and O–H groups in total. The quantitative estimate of drug-likeness (QED) is 0.397. The van der Waals surface area contributed by atoms with Gasteiger partial charge in [0, 0.05) is 0 Å². The summed E-state index contributed by atoms with van der Waals surface area (Å²) in [7, 11) is 0. The molecule has 0 bridgehead atoms. The molecule has 1 aromatic heterocycles. The van der Waals surface area contributed by atoms with Gasteiger partial charge >= 0.3 is 12.1 Å². The van der Waals surface area contributed by atoms with Gasteiger partial charge in [0.15, 0.2) is 0 Å². The summed E-state index contributed by atoms with van der Waals surface area (Å²) < 4.78 is 31.7. The first-order valence-corrected chi connectivity index (χ1v) is 4.51. The van der Waals surface area contributed by atoms with E-state index in [0.717, 1.165) is 0 Å². The Balaban J connectivity index is 0.000000293. The monoisotopic (exact) mass is 256 g/mol. The van der Waals surface area contributed by atoms with Crippen molar-refractivity contribution in [3.05, 3.63) is 22.4 Å². The van der Waals surface area contributed by atoms with Gasteiger partial charge in [-0.25, -0.2) is 10.6 Å². The van der Waals surface area contributed by atoms with E-state index in [4.69, 9.17) is 15.7 Å². The molecule has 90 valence electrons. The molecule has 0 radical (unpaired) electrons. The van der Waals surface area contributed by atoms with Crippen molar-refractivity contribution in [2.45, 2.75) is 6.18 Å². The molecule has 0 saturated carbocycles. The molecule has 5 nitrogen and oxygen atoms in total. The molecular formula is C7H7F3N2O3S. The van der Waals surface area contributed by atoms with Crippen LogP contribution in [0.4, 0.5) is 13.2 Å². The summed E-state index contributed by atoms with van der Waals surface area (Å²) in [6.07, 6.45) is -5.08. The van der Waals surface area contributed by atoms with Crippen LogP contribution in [0.1, 0.15) is 9.67 Å². The van der Waals surface area contributed by atoms with E-state index in [9.17, 15) is 18.0 Å². The van der Waals surface area contributed by atoms with Crippen molar-refractivity contribution in [1.82, 2.24) is 5.43 Å². The Morgan fingerprint density at radius 2 is 1.94 bits per heavy atom. The van der Waals surface area contributed by atoms with Gasteiger partial charge in [-0.2, -0.15) is 13.2 Å². The lowest BCUT2D eigenvalue weighted by molar-refractivity contribution is -0.192. The first-order valence-electron chi connectivity index (χ1n) is 3.63. The van der Waals surface area contributed by atoms with Crippen molar-refractivity contribution < 1.29 is 27.9 Å². The molecule has 0 spiro atoms. The first-order chi connectivity index (χ1) is 7.29. The van der Waals surface area contributed by atoms with Gasteiger partial charge in [0.25, 0.3) is 5.91 Å². The van der Waals surface area contributed by atoms with Gasteiger partial charge in [-0.05, 0) is 11.4 Å². The summed E-state index contributed by atoms with van der Waals surface area (Å²) in [5, 5.41) is 8.95. The van der Waals surface area contributed by atoms with Gasteiger partial charge in [0.05, 0.1) is 4.88 Å². The SMILES string of the molecule is NNC(=O)c1cccs1.O=C(O)C(F)(F)F. The van der Waals surface area contributed by atoms with E-state index in [1.165, 1.54) is 11.3 Å². The van der Waals surface area contributed by atoms with Gasteiger partial charge in [0.1, 0.15) is 0 Å². The van der Waals surface area contributed by atoms with Crippen molar-refractivity contribution in [3.8, 4) is 0 Å². The number of carboxylic acids is 1. The molecule has 0 aliphatic carbocycles. The highest BCUT2D eigenvalue weighted by Crippen LogP contribution is 2.13. The predicted octanol–water partition coefficient (Wildman–Crippen LogP) is 0.985. The van der Waals surface area contributed by atoms with Crippen LogP contribution in [0.5, 0.6) is 0 Å². The van der Waals surface area contributed by atoms with Gasteiger partial charge in [-0.15, -0.1) is 11.3 Å². The van der Waals surface area contributed by atoms with Gasteiger partial charge in [-0.1, -0.05) is 6.07 Å². The number of carbonyl (C=O) groups is 2. The van der Waals surface area contributed by atoms with Crippen LogP contribution < -0.4 is 11.3 Å². The number of amides is 1. The molecular weight excluding hydrogens is 249 g/mol. The number of rotatable bonds is 1. The number of nitrogen functional groups attached to an aromatic ring is 1. The maximum Gasteiger partial charge on any atom is 0.490 e. The van der Waals surface area contributed by atoms with Gasteiger partial charge in [-0.3, -0.25) is 10.2 Å². The fourth-order valence-corrected chi connectivity index (χ4v) is 1.11. The zero-order valence-electron chi connectivity index (χ0n) is 7.62. The summed E-state index contributed by atoms with van der Waals surface area (Å²) in [5.74, 6) is 1.88. The Kier molecular flexibility index (Phi) is 5.47. The molecule has 0 saturated heterocycles. The number of hydrogen-bond donors (Lipinski definition) is 3. The normalized spacial score (nSPS) is 10.0. The number of aliphatic carboxylic acids is 1. The van der Waals surface area contributed by atoms with Crippen molar-refractivity contribution in [3.63, 3.8) is 0 Å². The fourth-order valence-electron chi connectivity index (χ4n) is 0.479. The molecule has 16 heavy (non-hydrogen) atoms. The largest absolute Gasteiger partial charge is 0.490 e. The Morgan fingerprint density at radius 3 is 2.19 bits per heavy atom. The average Bonchev–Trinajstić information content (AvgIpc) is 2.69. The van der Waals surface area contributed by atoms with Gasteiger partial charge in [0.2, 0.25) is 0 Å². The van der Waals surface area contributed by atoms with Crippen molar-refractivity contribution in [2.75, 3.05) is 0 Å². The van der Waals surface area contributed by atoms with E-state index >= 15 is 0 Å². The molecule has 1 heterocycles. The first kappa shape index (κ1) is 14.4. The molecule has 1 amide bonds. The lowest BCUT2D eigenvalue weighted by atomic mass is 10.5. The molecule has 0 unspecified atom stereocenters. The smallest absolute Gasteiger partial charge is 0.475 e. The summed E-state index contributed by atoms with van der Waals surface area (Å²) in [6.45, 7) is 0. The van der Waals surface area contributed by atoms with Crippen molar-refractivity contribution in [1.29, 1.82) is 0 Å². The summed E-state index contributed by atoms with van der Waals surface area (Å²) in [6, 6.07) is 3.52.